The maximum absolute atomic E-state index is 14.1. The summed E-state index contributed by atoms with van der Waals surface area (Å²) in [6, 6.07) is 7.75. The van der Waals surface area contributed by atoms with Gasteiger partial charge in [0.05, 0.1) is 0 Å². The second-order valence-corrected chi connectivity index (χ2v) is 3.78. The third kappa shape index (κ3) is 1.59. The molecule has 0 amide bonds. The zero-order valence-electron chi connectivity index (χ0n) is 7.81. The lowest BCUT2D eigenvalue weighted by Gasteiger charge is -2.20. The van der Waals surface area contributed by atoms with E-state index in [0.29, 0.717) is 6.42 Å². The van der Waals surface area contributed by atoms with Crippen LogP contribution in [0.15, 0.2) is 24.3 Å². The molecule has 1 nitrogen and oxygen atoms in total. The average molecular weight is 179 g/mol. The fourth-order valence-corrected chi connectivity index (χ4v) is 1.86. The highest BCUT2D eigenvalue weighted by atomic mass is 19.1. The van der Waals surface area contributed by atoms with Gasteiger partial charge in [0.1, 0.15) is 5.67 Å². The van der Waals surface area contributed by atoms with Crippen molar-refractivity contribution in [2.24, 2.45) is 0 Å². The lowest BCUT2D eigenvalue weighted by molar-refractivity contribution is 0.180. The summed E-state index contributed by atoms with van der Waals surface area (Å²) >= 11 is 0. The van der Waals surface area contributed by atoms with Crippen molar-refractivity contribution in [3.63, 3.8) is 0 Å². The zero-order valence-corrected chi connectivity index (χ0v) is 7.81. The van der Waals surface area contributed by atoms with Crippen LogP contribution in [0.2, 0.25) is 0 Å². The molecule has 0 spiro atoms. The SMILES string of the molecule is CC1(F)CCNCc2ccccc21. The smallest absolute Gasteiger partial charge is 0.134 e. The van der Waals surface area contributed by atoms with Crippen LogP contribution < -0.4 is 5.32 Å². The van der Waals surface area contributed by atoms with E-state index in [0.717, 1.165) is 24.2 Å². The number of halogens is 1. The van der Waals surface area contributed by atoms with Crippen molar-refractivity contribution in [2.75, 3.05) is 6.54 Å². The standard InChI is InChI=1S/C11H14FN/c1-11(12)6-7-13-8-9-4-2-3-5-10(9)11/h2-5,13H,6-8H2,1H3. The quantitative estimate of drug-likeness (QED) is 0.644. The maximum atomic E-state index is 14.1. The van der Waals surface area contributed by atoms with E-state index in [9.17, 15) is 4.39 Å². The van der Waals surface area contributed by atoms with E-state index in [1.54, 1.807) is 6.92 Å². The van der Waals surface area contributed by atoms with Crippen molar-refractivity contribution in [1.82, 2.24) is 5.32 Å². The highest BCUT2D eigenvalue weighted by Gasteiger charge is 2.29. The first-order chi connectivity index (χ1) is 6.20. The Morgan fingerprint density at radius 3 is 3.00 bits per heavy atom. The molecule has 70 valence electrons. The van der Waals surface area contributed by atoms with Gasteiger partial charge in [-0.15, -0.1) is 0 Å². The van der Waals surface area contributed by atoms with Crippen molar-refractivity contribution < 1.29 is 4.39 Å². The summed E-state index contributed by atoms with van der Waals surface area (Å²) in [6.07, 6.45) is 0.560. The fourth-order valence-electron chi connectivity index (χ4n) is 1.86. The first-order valence-corrected chi connectivity index (χ1v) is 4.68. The summed E-state index contributed by atoms with van der Waals surface area (Å²) in [5.41, 5.74) is 0.769. The Kier molecular flexibility index (Phi) is 2.08. The Balaban J connectivity index is 2.48. The molecule has 0 aromatic heterocycles. The van der Waals surface area contributed by atoms with Crippen LogP contribution in [0.3, 0.4) is 0 Å². The van der Waals surface area contributed by atoms with Crippen LogP contribution in [0, 0.1) is 0 Å². The van der Waals surface area contributed by atoms with Gasteiger partial charge in [-0.2, -0.15) is 0 Å². The third-order valence-electron chi connectivity index (χ3n) is 2.67. The summed E-state index contributed by atoms with van der Waals surface area (Å²) in [6.45, 7) is 3.20. The van der Waals surface area contributed by atoms with Gasteiger partial charge in [0, 0.05) is 6.54 Å². The second kappa shape index (κ2) is 3.11. The molecule has 2 rings (SSSR count). The molecule has 1 aromatic carbocycles. The molecule has 0 saturated heterocycles. The van der Waals surface area contributed by atoms with Crippen LogP contribution in [-0.2, 0) is 12.2 Å². The molecule has 1 aliphatic heterocycles. The van der Waals surface area contributed by atoms with Gasteiger partial charge in [-0.25, -0.2) is 4.39 Å². The molecule has 1 aliphatic rings. The molecular formula is C11H14FN. The molecule has 1 aromatic rings. The molecule has 1 N–H and O–H groups in total. The van der Waals surface area contributed by atoms with Crippen molar-refractivity contribution in [3.8, 4) is 0 Å². The van der Waals surface area contributed by atoms with Gasteiger partial charge < -0.3 is 5.32 Å². The molecule has 1 heterocycles. The Morgan fingerprint density at radius 2 is 2.15 bits per heavy atom. The van der Waals surface area contributed by atoms with E-state index in [1.165, 1.54) is 0 Å². The highest BCUT2D eigenvalue weighted by molar-refractivity contribution is 5.32. The zero-order chi connectivity index (χ0) is 9.31. The summed E-state index contributed by atoms with van der Waals surface area (Å²) < 4.78 is 14.1. The van der Waals surface area contributed by atoms with E-state index >= 15 is 0 Å². The van der Waals surface area contributed by atoms with Crippen LogP contribution in [-0.4, -0.2) is 6.54 Å². The number of nitrogens with one attached hydrogen (secondary N) is 1. The van der Waals surface area contributed by atoms with E-state index in [1.807, 2.05) is 24.3 Å². The Labute approximate surface area is 78.0 Å². The largest absolute Gasteiger partial charge is 0.313 e. The molecule has 2 heteroatoms. The van der Waals surface area contributed by atoms with E-state index in [2.05, 4.69) is 5.32 Å². The van der Waals surface area contributed by atoms with Crippen molar-refractivity contribution in [1.29, 1.82) is 0 Å². The number of benzene rings is 1. The Bertz CT molecular complexity index is 307. The Hall–Kier alpha value is -0.890. The minimum Gasteiger partial charge on any atom is -0.313 e. The monoisotopic (exact) mass is 179 g/mol. The minimum atomic E-state index is -1.17. The maximum Gasteiger partial charge on any atom is 0.134 e. The number of fused-ring (bicyclic) bond motifs is 1. The molecule has 13 heavy (non-hydrogen) atoms. The average Bonchev–Trinajstić information content (AvgIpc) is 2.26. The predicted molar refractivity (Wildman–Crippen MR) is 51.2 cm³/mol. The first kappa shape index (κ1) is 8.70. The van der Waals surface area contributed by atoms with Crippen LogP contribution in [0.1, 0.15) is 24.5 Å². The van der Waals surface area contributed by atoms with Gasteiger partial charge >= 0.3 is 0 Å². The number of alkyl halides is 1. The molecule has 0 saturated carbocycles. The summed E-state index contributed by atoms with van der Waals surface area (Å²) in [4.78, 5) is 0. The lowest BCUT2D eigenvalue weighted by atomic mass is 9.92. The van der Waals surface area contributed by atoms with Gasteiger partial charge in [0.15, 0.2) is 0 Å². The summed E-state index contributed by atoms with van der Waals surface area (Å²) in [5, 5.41) is 3.22. The van der Waals surface area contributed by atoms with E-state index in [4.69, 9.17) is 0 Å². The minimum absolute atomic E-state index is 0.560. The molecule has 0 fully saturated rings. The van der Waals surface area contributed by atoms with Gasteiger partial charge in [-0.05, 0) is 31.0 Å². The molecule has 1 unspecified atom stereocenters. The van der Waals surface area contributed by atoms with Crippen molar-refractivity contribution in [2.45, 2.75) is 25.6 Å². The highest BCUT2D eigenvalue weighted by Crippen LogP contribution is 2.32. The normalized spacial score (nSPS) is 27.8. The molecule has 0 bridgehead atoms. The topological polar surface area (TPSA) is 12.0 Å². The molecule has 0 aliphatic carbocycles. The van der Waals surface area contributed by atoms with Gasteiger partial charge in [0.2, 0.25) is 0 Å². The van der Waals surface area contributed by atoms with Crippen LogP contribution in [0.25, 0.3) is 0 Å². The molecule has 1 atom stereocenters. The van der Waals surface area contributed by atoms with Crippen molar-refractivity contribution in [3.05, 3.63) is 35.4 Å². The van der Waals surface area contributed by atoms with Gasteiger partial charge in [0.25, 0.3) is 0 Å². The lowest BCUT2D eigenvalue weighted by Crippen LogP contribution is -2.18. The number of rotatable bonds is 0. The number of hydrogen-bond donors (Lipinski definition) is 1. The first-order valence-electron chi connectivity index (χ1n) is 4.68. The summed E-state index contributed by atoms with van der Waals surface area (Å²) in [7, 11) is 0. The van der Waals surface area contributed by atoms with Crippen molar-refractivity contribution >= 4 is 0 Å². The van der Waals surface area contributed by atoms with Gasteiger partial charge in [-0.1, -0.05) is 24.3 Å². The van der Waals surface area contributed by atoms with Crippen LogP contribution >= 0.6 is 0 Å². The van der Waals surface area contributed by atoms with E-state index in [-0.39, 0.29) is 0 Å². The third-order valence-corrected chi connectivity index (χ3v) is 2.67. The van der Waals surface area contributed by atoms with Gasteiger partial charge in [-0.3, -0.25) is 0 Å². The summed E-state index contributed by atoms with van der Waals surface area (Å²) in [5.74, 6) is 0. The molecular weight excluding hydrogens is 165 g/mol. The predicted octanol–water partition coefficient (Wildman–Crippen LogP) is 2.36. The Morgan fingerprint density at radius 1 is 1.38 bits per heavy atom. The van der Waals surface area contributed by atoms with Crippen LogP contribution in [0.4, 0.5) is 4.39 Å². The van der Waals surface area contributed by atoms with Crippen LogP contribution in [0.5, 0.6) is 0 Å². The fraction of sp³-hybridized carbons (Fsp3) is 0.455. The molecule has 0 radical (unpaired) electrons. The van der Waals surface area contributed by atoms with E-state index < -0.39 is 5.67 Å². The second-order valence-electron chi connectivity index (χ2n) is 3.78. The number of hydrogen-bond acceptors (Lipinski definition) is 1.